The number of nitrogens with zero attached hydrogens (tertiary/aromatic N) is 2. The monoisotopic (exact) mass is 398 g/mol. The molecule has 0 spiro atoms. The van der Waals surface area contributed by atoms with Crippen LogP contribution in [0.25, 0.3) is 10.7 Å². The Kier molecular flexibility index (Phi) is 6.54. The smallest absolute Gasteiger partial charge is 0.227 e. The van der Waals surface area contributed by atoms with Crippen LogP contribution in [-0.2, 0) is 22.6 Å². The molecule has 0 saturated heterocycles. The van der Waals surface area contributed by atoms with Crippen LogP contribution in [0.5, 0.6) is 0 Å². The van der Waals surface area contributed by atoms with Gasteiger partial charge < -0.3 is 15.2 Å². The summed E-state index contributed by atoms with van der Waals surface area (Å²) in [6.45, 7) is 4.11. The molecule has 3 rings (SSSR count). The number of thiophene rings is 1. The van der Waals surface area contributed by atoms with E-state index in [1.165, 1.54) is 11.3 Å². The summed E-state index contributed by atoms with van der Waals surface area (Å²) in [5.41, 5.74) is 1.69. The van der Waals surface area contributed by atoms with Crippen molar-refractivity contribution < 1.29 is 14.1 Å². The molecule has 146 valence electrons. The minimum atomic E-state index is -0.0898. The van der Waals surface area contributed by atoms with Crippen LogP contribution in [0.1, 0.15) is 31.7 Å². The van der Waals surface area contributed by atoms with Gasteiger partial charge in [-0.1, -0.05) is 37.2 Å². The van der Waals surface area contributed by atoms with Gasteiger partial charge in [0.05, 0.1) is 4.88 Å². The number of hydrogen-bond donors (Lipinski definition) is 2. The van der Waals surface area contributed by atoms with Gasteiger partial charge in [-0.15, -0.1) is 11.3 Å². The number of nitrogens with one attached hydrogen (secondary N) is 2. The molecule has 2 N–H and O–H groups in total. The SMILES string of the molecule is CC(C)C(=O)Nc1ccc(CNC(=O)CCc2nc(-c3cccs3)no2)cc1. The van der Waals surface area contributed by atoms with E-state index in [0.717, 1.165) is 16.1 Å². The molecule has 0 fully saturated rings. The summed E-state index contributed by atoms with van der Waals surface area (Å²) < 4.78 is 5.19. The Balaban J connectivity index is 1.42. The molecule has 0 bridgehead atoms. The number of aryl methyl sites for hydroxylation is 1. The summed E-state index contributed by atoms with van der Waals surface area (Å²) in [6, 6.07) is 11.3. The average Bonchev–Trinajstić information content (AvgIpc) is 3.37. The van der Waals surface area contributed by atoms with Crippen molar-refractivity contribution in [3.05, 3.63) is 53.2 Å². The quantitative estimate of drug-likeness (QED) is 0.604. The highest BCUT2D eigenvalue weighted by molar-refractivity contribution is 7.13. The Morgan fingerprint density at radius 3 is 2.64 bits per heavy atom. The first-order valence-corrected chi connectivity index (χ1v) is 9.92. The number of benzene rings is 1. The molecule has 0 saturated carbocycles. The number of anilines is 1. The van der Waals surface area contributed by atoms with Crippen LogP contribution in [-0.4, -0.2) is 22.0 Å². The van der Waals surface area contributed by atoms with E-state index in [1.807, 2.05) is 55.6 Å². The topological polar surface area (TPSA) is 97.1 Å². The first-order valence-electron chi connectivity index (χ1n) is 9.04. The molecular formula is C20H22N4O3S. The van der Waals surface area contributed by atoms with Gasteiger partial charge in [0, 0.05) is 31.0 Å². The zero-order valence-electron chi connectivity index (χ0n) is 15.8. The van der Waals surface area contributed by atoms with Crippen LogP contribution < -0.4 is 10.6 Å². The van der Waals surface area contributed by atoms with Gasteiger partial charge in [0.15, 0.2) is 0 Å². The summed E-state index contributed by atoms with van der Waals surface area (Å²) in [5, 5.41) is 11.6. The van der Waals surface area contributed by atoms with E-state index in [9.17, 15) is 9.59 Å². The van der Waals surface area contributed by atoms with Crippen molar-refractivity contribution in [1.29, 1.82) is 0 Å². The Labute approximate surface area is 167 Å². The largest absolute Gasteiger partial charge is 0.352 e. The van der Waals surface area contributed by atoms with Gasteiger partial charge in [-0.25, -0.2) is 0 Å². The van der Waals surface area contributed by atoms with Gasteiger partial charge in [0.25, 0.3) is 0 Å². The van der Waals surface area contributed by atoms with Crippen LogP contribution in [0.3, 0.4) is 0 Å². The van der Waals surface area contributed by atoms with Crippen LogP contribution >= 0.6 is 11.3 Å². The molecule has 2 amide bonds. The van der Waals surface area contributed by atoms with E-state index in [2.05, 4.69) is 20.8 Å². The minimum absolute atomic E-state index is 0.0238. The van der Waals surface area contributed by atoms with Gasteiger partial charge in [-0.2, -0.15) is 4.98 Å². The minimum Gasteiger partial charge on any atom is -0.352 e. The van der Waals surface area contributed by atoms with Gasteiger partial charge in [0.1, 0.15) is 0 Å². The molecule has 3 aromatic rings. The molecule has 2 heterocycles. The van der Waals surface area contributed by atoms with Crippen molar-refractivity contribution in [2.24, 2.45) is 5.92 Å². The fraction of sp³-hybridized carbons (Fsp3) is 0.300. The molecule has 0 aliphatic carbocycles. The second-order valence-electron chi connectivity index (χ2n) is 6.61. The Morgan fingerprint density at radius 2 is 1.96 bits per heavy atom. The normalized spacial score (nSPS) is 10.8. The standard InChI is InChI=1S/C20H22N4O3S/c1-13(2)20(26)22-15-7-5-14(6-8-15)12-21-17(25)9-10-18-23-19(24-27-18)16-4-3-11-28-16/h3-8,11,13H,9-10,12H2,1-2H3,(H,21,25)(H,22,26). The third-order valence-corrected chi connectivity index (χ3v) is 4.88. The third-order valence-electron chi connectivity index (χ3n) is 4.01. The van der Waals surface area contributed by atoms with Gasteiger partial charge in [-0.05, 0) is 29.1 Å². The zero-order valence-corrected chi connectivity index (χ0v) is 16.6. The van der Waals surface area contributed by atoms with Crippen molar-refractivity contribution >= 4 is 28.8 Å². The summed E-state index contributed by atoms with van der Waals surface area (Å²) >= 11 is 1.54. The van der Waals surface area contributed by atoms with E-state index in [1.54, 1.807) is 0 Å². The molecular weight excluding hydrogens is 376 g/mol. The lowest BCUT2D eigenvalue weighted by Gasteiger charge is -2.09. The maximum atomic E-state index is 12.1. The van der Waals surface area contributed by atoms with Crippen LogP contribution in [0, 0.1) is 5.92 Å². The van der Waals surface area contributed by atoms with Crippen molar-refractivity contribution in [2.45, 2.75) is 33.2 Å². The second-order valence-corrected chi connectivity index (χ2v) is 7.55. The third kappa shape index (κ3) is 5.50. The lowest BCUT2D eigenvalue weighted by molar-refractivity contribution is -0.121. The Morgan fingerprint density at radius 1 is 1.18 bits per heavy atom. The van der Waals surface area contributed by atoms with Crippen molar-refractivity contribution in [3.8, 4) is 10.7 Å². The fourth-order valence-corrected chi connectivity index (χ4v) is 3.01. The highest BCUT2D eigenvalue weighted by Crippen LogP contribution is 2.21. The predicted octanol–water partition coefficient (Wildman–Crippen LogP) is 3.64. The molecule has 0 aliphatic heterocycles. The molecule has 8 heteroatoms. The van der Waals surface area contributed by atoms with Gasteiger partial charge >= 0.3 is 0 Å². The van der Waals surface area contributed by atoms with Gasteiger partial charge in [0.2, 0.25) is 23.5 Å². The summed E-state index contributed by atoms with van der Waals surface area (Å²) in [6.07, 6.45) is 0.666. The molecule has 7 nitrogen and oxygen atoms in total. The second kappa shape index (κ2) is 9.27. The molecule has 28 heavy (non-hydrogen) atoms. The number of rotatable bonds is 8. The first-order chi connectivity index (χ1) is 13.5. The summed E-state index contributed by atoms with van der Waals surface area (Å²) in [4.78, 5) is 29.0. The van der Waals surface area contributed by atoms with Crippen LogP contribution in [0.2, 0.25) is 0 Å². The zero-order chi connectivity index (χ0) is 19.9. The number of carbonyl (C=O) groups is 2. The van der Waals surface area contributed by atoms with E-state index in [-0.39, 0.29) is 24.2 Å². The summed E-state index contributed by atoms with van der Waals surface area (Å²) in [7, 11) is 0. The number of hydrogen-bond acceptors (Lipinski definition) is 6. The average molecular weight is 398 g/mol. The van der Waals surface area contributed by atoms with E-state index in [0.29, 0.717) is 24.7 Å². The molecule has 2 aromatic heterocycles. The predicted molar refractivity (Wildman–Crippen MR) is 108 cm³/mol. The van der Waals surface area contributed by atoms with Crippen molar-refractivity contribution in [3.63, 3.8) is 0 Å². The van der Waals surface area contributed by atoms with E-state index in [4.69, 9.17) is 4.52 Å². The highest BCUT2D eigenvalue weighted by atomic mass is 32.1. The van der Waals surface area contributed by atoms with Crippen molar-refractivity contribution in [1.82, 2.24) is 15.5 Å². The van der Waals surface area contributed by atoms with E-state index < -0.39 is 0 Å². The first kappa shape index (κ1) is 19.8. The summed E-state index contributed by atoms with van der Waals surface area (Å²) in [5.74, 6) is 0.815. The number of amides is 2. The van der Waals surface area contributed by atoms with Crippen LogP contribution in [0.4, 0.5) is 5.69 Å². The lowest BCUT2D eigenvalue weighted by Crippen LogP contribution is -2.23. The Bertz CT molecular complexity index is 917. The molecule has 0 atom stereocenters. The number of carbonyl (C=O) groups excluding carboxylic acids is 2. The fourth-order valence-electron chi connectivity index (χ4n) is 2.36. The maximum absolute atomic E-state index is 12.1. The Hall–Kier alpha value is -3.00. The maximum Gasteiger partial charge on any atom is 0.227 e. The van der Waals surface area contributed by atoms with E-state index >= 15 is 0 Å². The van der Waals surface area contributed by atoms with Crippen LogP contribution in [0.15, 0.2) is 46.3 Å². The molecule has 0 aliphatic rings. The highest BCUT2D eigenvalue weighted by Gasteiger charge is 2.11. The lowest BCUT2D eigenvalue weighted by atomic mass is 10.1. The van der Waals surface area contributed by atoms with Crippen molar-refractivity contribution in [2.75, 3.05) is 5.32 Å². The molecule has 0 radical (unpaired) electrons. The number of aromatic nitrogens is 2. The molecule has 0 unspecified atom stereocenters. The molecule has 1 aromatic carbocycles. The van der Waals surface area contributed by atoms with Gasteiger partial charge in [-0.3, -0.25) is 9.59 Å².